The van der Waals surface area contributed by atoms with E-state index < -0.39 is 0 Å². The molecule has 1 aliphatic rings. The van der Waals surface area contributed by atoms with Crippen LogP contribution in [0.1, 0.15) is 26.7 Å². The Morgan fingerprint density at radius 2 is 2.06 bits per heavy atom. The highest BCUT2D eigenvalue weighted by molar-refractivity contribution is 5.53. The topological polar surface area (TPSA) is 38.0 Å². The van der Waals surface area contributed by atoms with Gasteiger partial charge in [-0.2, -0.15) is 0 Å². The lowest BCUT2D eigenvalue weighted by molar-refractivity contribution is 0.434. The third-order valence-electron chi connectivity index (χ3n) is 3.80. The van der Waals surface area contributed by atoms with Crippen LogP contribution in [0.15, 0.2) is 18.2 Å². The maximum absolute atomic E-state index is 13.6. The summed E-state index contributed by atoms with van der Waals surface area (Å²) in [5.74, 6) is 1.05. The van der Waals surface area contributed by atoms with Crippen molar-refractivity contribution in [3.05, 3.63) is 24.0 Å². The number of nitrogen functional groups attached to an aromatic ring is 1. The molecule has 0 bridgehead atoms. The lowest BCUT2D eigenvalue weighted by Crippen LogP contribution is -2.24. The minimum absolute atomic E-state index is 0.258. The molecular formula is C13H19FN2. The number of hydrogen-bond acceptors (Lipinski definition) is 2. The Labute approximate surface area is 96.0 Å². The van der Waals surface area contributed by atoms with Gasteiger partial charge < -0.3 is 11.1 Å². The molecule has 1 saturated carbocycles. The SMILES string of the molecule is CC1CCC(Nc2ccc(N)cc2F)C1C. The summed E-state index contributed by atoms with van der Waals surface area (Å²) in [6.45, 7) is 4.48. The van der Waals surface area contributed by atoms with Crippen molar-refractivity contribution in [1.82, 2.24) is 0 Å². The molecule has 1 fully saturated rings. The molecule has 1 aromatic rings. The van der Waals surface area contributed by atoms with Crippen LogP contribution >= 0.6 is 0 Å². The number of halogens is 1. The smallest absolute Gasteiger partial charge is 0.148 e. The van der Waals surface area contributed by atoms with Crippen LogP contribution in [-0.4, -0.2) is 6.04 Å². The molecule has 1 aliphatic carbocycles. The highest BCUT2D eigenvalue weighted by Crippen LogP contribution is 2.33. The third-order valence-corrected chi connectivity index (χ3v) is 3.80. The second kappa shape index (κ2) is 4.32. The monoisotopic (exact) mass is 222 g/mol. The largest absolute Gasteiger partial charge is 0.399 e. The van der Waals surface area contributed by atoms with Crippen molar-refractivity contribution in [2.45, 2.75) is 32.7 Å². The van der Waals surface area contributed by atoms with Crippen LogP contribution in [0.5, 0.6) is 0 Å². The summed E-state index contributed by atoms with van der Waals surface area (Å²) in [6.07, 6.45) is 2.33. The van der Waals surface area contributed by atoms with E-state index in [0.717, 1.165) is 6.42 Å². The number of anilines is 2. The van der Waals surface area contributed by atoms with Crippen molar-refractivity contribution in [2.75, 3.05) is 11.1 Å². The Kier molecular flexibility index (Phi) is 3.03. The van der Waals surface area contributed by atoms with Gasteiger partial charge in [-0.1, -0.05) is 13.8 Å². The first-order valence-corrected chi connectivity index (χ1v) is 5.89. The Hall–Kier alpha value is -1.25. The number of nitrogens with two attached hydrogens (primary N) is 1. The molecular weight excluding hydrogens is 203 g/mol. The first kappa shape index (κ1) is 11.2. The second-order valence-corrected chi connectivity index (χ2v) is 4.90. The van der Waals surface area contributed by atoms with Crippen molar-refractivity contribution in [2.24, 2.45) is 11.8 Å². The Bertz CT molecular complexity index is 378. The van der Waals surface area contributed by atoms with Gasteiger partial charge in [0, 0.05) is 11.7 Å². The van der Waals surface area contributed by atoms with E-state index in [9.17, 15) is 4.39 Å². The highest BCUT2D eigenvalue weighted by atomic mass is 19.1. The van der Waals surface area contributed by atoms with Crippen molar-refractivity contribution in [1.29, 1.82) is 0 Å². The zero-order chi connectivity index (χ0) is 11.7. The number of nitrogens with one attached hydrogen (secondary N) is 1. The van der Waals surface area contributed by atoms with Crippen LogP contribution in [0, 0.1) is 17.7 Å². The molecule has 2 rings (SSSR count). The molecule has 3 heteroatoms. The van der Waals surface area contributed by atoms with Crippen LogP contribution in [-0.2, 0) is 0 Å². The van der Waals surface area contributed by atoms with Crippen LogP contribution in [0.4, 0.5) is 15.8 Å². The quantitative estimate of drug-likeness (QED) is 0.754. The van der Waals surface area contributed by atoms with Crippen LogP contribution in [0.3, 0.4) is 0 Å². The van der Waals surface area contributed by atoms with Gasteiger partial charge in [0.1, 0.15) is 5.82 Å². The van der Waals surface area contributed by atoms with Gasteiger partial charge in [-0.3, -0.25) is 0 Å². The number of benzene rings is 1. The maximum Gasteiger partial charge on any atom is 0.148 e. The second-order valence-electron chi connectivity index (χ2n) is 4.90. The fourth-order valence-electron chi connectivity index (χ4n) is 2.42. The minimum Gasteiger partial charge on any atom is -0.399 e. The molecule has 0 spiro atoms. The van der Waals surface area contributed by atoms with Gasteiger partial charge in [-0.25, -0.2) is 4.39 Å². The van der Waals surface area contributed by atoms with E-state index in [1.807, 2.05) is 0 Å². The van der Waals surface area contributed by atoms with E-state index in [1.165, 1.54) is 12.5 Å². The highest BCUT2D eigenvalue weighted by Gasteiger charge is 2.29. The number of hydrogen-bond donors (Lipinski definition) is 2. The Morgan fingerprint density at radius 3 is 2.62 bits per heavy atom. The molecule has 0 saturated heterocycles. The average Bonchev–Trinajstić information content (AvgIpc) is 2.54. The summed E-state index contributed by atoms with van der Waals surface area (Å²) in [5.41, 5.74) is 6.56. The van der Waals surface area contributed by atoms with Crippen LogP contribution < -0.4 is 11.1 Å². The van der Waals surface area contributed by atoms with Crippen molar-refractivity contribution >= 4 is 11.4 Å². The van der Waals surface area contributed by atoms with Crippen molar-refractivity contribution < 1.29 is 4.39 Å². The first-order chi connectivity index (χ1) is 7.58. The van der Waals surface area contributed by atoms with E-state index in [-0.39, 0.29) is 5.82 Å². The molecule has 0 amide bonds. The van der Waals surface area contributed by atoms with Gasteiger partial charge in [-0.15, -0.1) is 0 Å². The molecule has 3 atom stereocenters. The van der Waals surface area contributed by atoms with Crippen LogP contribution in [0.25, 0.3) is 0 Å². The molecule has 0 radical (unpaired) electrons. The fraction of sp³-hybridized carbons (Fsp3) is 0.538. The zero-order valence-electron chi connectivity index (χ0n) is 9.83. The van der Waals surface area contributed by atoms with E-state index in [1.54, 1.807) is 12.1 Å². The number of rotatable bonds is 2. The summed E-state index contributed by atoms with van der Waals surface area (Å²) in [4.78, 5) is 0. The lowest BCUT2D eigenvalue weighted by atomic mass is 9.97. The van der Waals surface area contributed by atoms with Gasteiger partial charge in [-0.05, 0) is 42.9 Å². The summed E-state index contributed by atoms with van der Waals surface area (Å²) in [5, 5.41) is 3.29. The van der Waals surface area contributed by atoms with Gasteiger partial charge in [0.15, 0.2) is 0 Å². The van der Waals surface area contributed by atoms with Gasteiger partial charge in [0.2, 0.25) is 0 Å². The predicted octanol–water partition coefficient (Wildman–Crippen LogP) is 3.25. The summed E-state index contributed by atoms with van der Waals surface area (Å²) >= 11 is 0. The molecule has 1 aromatic carbocycles. The van der Waals surface area contributed by atoms with Gasteiger partial charge in [0.05, 0.1) is 5.69 Å². The summed E-state index contributed by atoms with van der Waals surface area (Å²) in [7, 11) is 0. The fourth-order valence-corrected chi connectivity index (χ4v) is 2.42. The molecule has 2 nitrogen and oxygen atoms in total. The maximum atomic E-state index is 13.6. The molecule has 0 aromatic heterocycles. The minimum atomic E-state index is -0.258. The standard InChI is InChI=1S/C13H19FN2/c1-8-3-5-12(9(8)2)16-13-6-4-10(15)7-11(13)14/h4,6-9,12,16H,3,5,15H2,1-2H3. The van der Waals surface area contributed by atoms with E-state index in [0.29, 0.717) is 29.3 Å². The zero-order valence-corrected chi connectivity index (χ0v) is 9.83. The van der Waals surface area contributed by atoms with E-state index in [2.05, 4.69) is 19.2 Å². The van der Waals surface area contributed by atoms with Gasteiger partial charge in [0.25, 0.3) is 0 Å². The third kappa shape index (κ3) is 2.13. The molecule has 0 heterocycles. The average molecular weight is 222 g/mol. The Balaban J connectivity index is 2.09. The van der Waals surface area contributed by atoms with E-state index >= 15 is 0 Å². The molecule has 0 aliphatic heterocycles. The summed E-state index contributed by atoms with van der Waals surface area (Å²) in [6, 6.07) is 5.20. The lowest BCUT2D eigenvalue weighted by Gasteiger charge is -2.21. The van der Waals surface area contributed by atoms with Crippen LogP contribution in [0.2, 0.25) is 0 Å². The summed E-state index contributed by atoms with van der Waals surface area (Å²) < 4.78 is 13.6. The molecule has 3 N–H and O–H groups in total. The molecule has 16 heavy (non-hydrogen) atoms. The van der Waals surface area contributed by atoms with Gasteiger partial charge >= 0.3 is 0 Å². The molecule has 88 valence electrons. The Morgan fingerprint density at radius 1 is 1.31 bits per heavy atom. The van der Waals surface area contributed by atoms with Crippen molar-refractivity contribution in [3.8, 4) is 0 Å². The van der Waals surface area contributed by atoms with Crippen molar-refractivity contribution in [3.63, 3.8) is 0 Å². The normalized spacial score (nSPS) is 29.3. The van der Waals surface area contributed by atoms with E-state index in [4.69, 9.17) is 5.73 Å². The predicted molar refractivity (Wildman–Crippen MR) is 65.8 cm³/mol. The molecule has 3 unspecified atom stereocenters. The first-order valence-electron chi connectivity index (χ1n) is 5.89.